The summed E-state index contributed by atoms with van der Waals surface area (Å²) in [6, 6.07) is 8.53. The molecule has 1 saturated carbocycles. The van der Waals surface area contributed by atoms with E-state index in [-0.39, 0.29) is 11.3 Å². The van der Waals surface area contributed by atoms with E-state index in [4.69, 9.17) is 5.14 Å². The Morgan fingerprint density at radius 1 is 1.17 bits per heavy atom. The highest BCUT2D eigenvalue weighted by Gasteiger charge is 2.22. The van der Waals surface area contributed by atoms with Crippen LogP contribution in [0.1, 0.15) is 81.4 Å². The number of nitrogens with zero attached hydrogens (tertiary/aromatic N) is 1. The molecule has 0 spiro atoms. The van der Waals surface area contributed by atoms with Crippen molar-refractivity contribution in [1.29, 1.82) is 0 Å². The van der Waals surface area contributed by atoms with Gasteiger partial charge in [-0.15, -0.1) is 0 Å². The number of nitrogens with two attached hydrogens (primary N) is 1. The number of benzene rings is 1. The number of rotatable bonds is 6. The van der Waals surface area contributed by atoms with Crippen molar-refractivity contribution in [1.82, 2.24) is 9.88 Å². The van der Waals surface area contributed by atoms with Crippen LogP contribution in [0.5, 0.6) is 0 Å². The van der Waals surface area contributed by atoms with Gasteiger partial charge in [0.1, 0.15) is 0 Å². The van der Waals surface area contributed by atoms with E-state index in [2.05, 4.69) is 49.7 Å². The third-order valence-corrected chi connectivity index (χ3v) is 6.97. The first-order valence-corrected chi connectivity index (χ1v) is 12.1. The lowest BCUT2D eigenvalue weighted by Gasteiger charge is -2.25. The second-order valence-corrected chi connectivity index (χ2v) is 10.3. The summed E-state index contributed by atoms with van der Waals surface area (Å²) in [5, 5.41) is 8.96. The maximum Gasteiger partial charge on any atom is 0.251 e. The Morgan fingerprint density at radius 2 is 1.87 bits per heavy atom. The average molecular weight is 428 g/mol. The molecular weight excluding hydrogens is 390 g/mol. The van der Waals surface area contributed by atoms with Crippen LogP contribution in [0, 0.1) is 12.8 Å². The third-order valence-electron chi connectivity index (χ3n) is 6.31. The molecule has 0 aliphatic heterocycles. The summed E-state index contributed by atoms with van der Waals surface area (Å²) in [6.07, 6.45) is 6.63. The maximum atomic E-state index is 12.7. The molecule has 4 nitrogen and oxygen atoms in total. The lowest BCUT2D eigenvalue weighted by Crippen LogP contribution is -2.23. The normalized spacial score (nSPS) is 15.4. The van der Waals surface area contributed by atoms with Crippen molar-refractivity contribution in [2.24, 2.45) is 11.1 Å². The molecule has 5 heteroatoms. The SMILES string of the molecule is CCNC(=O)c1cc(-c2cc(SN)c(C)n2CC2CCCCC2)cc(C(C)(C)C)c1. The van der Waals surface area contributed by atoms with Crippen LogP contribution in [0.2, 0.25) is 0 Å². The Morgan fingerprint density at radius 3 is 2.47 bits per heavy atom. The van der Waals surface area contributed by atoms with Crippen LogP contribution in [0.15, 0.2) is 29.2 Å². The highest BCUT2D eigenvalue weighted by molar-refractivity contribution is 7.97. The minimum absolute atomic E-state index is 0.0135. The van der Waals surface area contributed by atoms with E-state index in [1.807, 2.05) is 19.1 Å². The van der Waals surface area contributed by atoms with Crippen molar-refractivity contribution in [3.63, 3.8) is 0 Å². The Kier molecular flexibility index (Phi) is 7.35. The second kappa shape index (κ2) is 9.61. The number of aromatic nitrogens is 1. The van der Waals surface area contributed by atoms with Gasteiger partial charge in [0.05, 0.1) is 0 Å². The summed E-state index contributed by atoms with van der Waals surface area (Å²) in [5.74, 6) is 0.702. The highest BCUT2D eigenvalue weighted by Crippen LogP contribution is 2.36. The second-order valence-electron chi connectivity index (χ2n) is 9.62. The van der Waals surface area contributed by atoms with Gasteiger partial charge in [0, 0.05) is 34.9 Å². The fourth-order valence-electron chi connectivity index (χ4n) is 4.44. The monoisotopic (exact) mass is 427 g/mol. The predicted octanol–water partition coefficient (Wildman–Crippen LogP) is 6.06. The van der Waals surface area contributed by atoms with Gasteiger partial charge in [0.25, 0.3) is 5.91 Å². The Balaban J connectivity index is 2.11. The zero-order valence-corrected chi connectivity index (χ0v) is 20.0. The van der Waals surface area contributed by atoms with Crippen LogP contribution < -0.4 is 10.5 Å². The molecule has 1 aromatic heterocycles. The van der Waals surface area contributed by atoms with E-state index in [1.54, 1.807) is 0 Å². The summed E-state index contributed by atoms with van der Waals surface area (Å²) >= 11 is 1.32. The molecule has 0 unspecified atom stereocenters. The molecule has 3 N–H and O–H groups in total. The molecule has 2 aromatic rings. The highest BCUT2D eigenvalue weighted by atomic mass is 32.2. The van der Waals surface area contributed by atoms with Crippen LogP contribution in [0.4, 0.5) is 0 Å². The molecule has 1 heterocycles. The Labute approximate surface area is 186 Å². The summed E-state index contributed by atoms with van der Waals surface area (Å²) < 4.78 is 2.44. The Bertz CT molecular complexity index is 889. The van der Waals surface area contributed by atoms with Crippen LogP contribution in [-0.2, 0) is 12.0 Å². The number of carbonyl (C=O) groups excluding carboxylic acids is 1. The Hall–Kier alpha value is -1.72. The van der Waals surface area contributed by atoms with E-state index in [0.717, 1.165) is 22.6 Å². The number of carbonyl (C=O) groups is 1. The first-order valence-electron chi connectivity index (χ1n) is 11.3. The molecule has 3 rings (SSSR count). The van der Waals surface area contributed by atoms with Crippen molar-refractivity contribution in [2.45, 2.75) is 83.6 Å². The maximum absolute atomic E-state index is 12.7. The molecule has 164 valence electrons. The molecule has 1 fully saturated rings. The van der Waals surface area contributed by atoms with Crippen molar-refractivity contribution in [2.75, 3.05) is 6.54 Å². The lowest BCUT2D eigenvalue weighted by atomic mass is 9.84. The van der Waals surface area contributed by atoms with E-state index < -0.39 is 0 Å². The fraction of sp³-hybridized carbons (Fsp3) is 0.560. The molecule has 0 atom stereocenters. The van der Waals surface area contributed by atoms with Crippen molar-refractivity contribution in [3.05, 3.63) is 41.1 Å². The molecule has 0 bridgehead atoms. The minimum Gasteiger partial charge on any atom is -0.352 e. The summed E-state index contributed by atoms with van der Waals surface area (Å²) in [7, 11) is 0. The van der Waals surface area contributed by atoms with E-state index >= 15 is 0 Å². The number of hydrogen-bond donors (Lipinski definition) is 2. The van der Waals surface area contributed by atoms with Gasteiger partial charge in [-0.25, -0.2) is 0 Å². The fourth-order valence-corrected chi connectivity index (χ4v) is 4.90. The van der Waals surface area contributed by atoms with Crippen LogP contribution in [-0.4, -0.2) is 17.0 Å². The molecular formula is C25H37N3OS. The first kappa shape index (κ1) is 23.0. The van der Waals surface area contributed by atoms with Gasteiger partial charge in [-0.1, -0.05) is 40.0 Å². The van der Waals surface area contributed by atoms with Gasteiger partial charge >= 0.3 is 0 Å². The molecule has 0 radical (unpaired) electrons. The smallest absolute Gasteiger partial charge is 0.251 e. The number of amides is 1. The first-order chi connectivity index (χ1) is 14.2. The van der Waals surface area contributed by atoms with Crippen molar-refractivity contribution in [3.8, 4) is 11.3 Å². The molecule has 30 heavy (non-hydrogen) atoms. The summed E-state index contributed by atoms with van der Waals surface area (Å²) in [4.78, 5) is 13.8. The summed E-state index contributed by atoms with van der Waals surface area (Å²) in [6.45, 7) is 12.4. The number of hydrogen-bond acceptors (Lipinski definition) is 3. The largest absolute Gasteiger partial charge is 0.352 e. The van der Waals surface area contributed by atoms with E-state index in [1.165, 1.54) is 61.0 Å². The molecule has 1 amide bonds. The van der Waals surface area contributed by atoms with Gasteiger partial charge in [0.15, 0.2) is 0 Å². The van der Waals surface area contributed by atoms with E-state index in [9.17, 15) is 4.79 Å². The van der Waals surface area contributed by atoms with Gasteiger partial charge in [-0.05, 0) is 85.4 Å². The molecule has 1 aliphatic carbocycles. The quantitative estimate of drug-likeness (QED) is 0.551. The van der Waals surface area contributed by atoms with Crippen molar-refractivity contribution >= 4 is 17.9 Å². The average Bonchev–Trinajstić information content (AvgIpc) is 3.03. The molecule has 1 aliphatic rings. The van der Waals surface area contributed by atoms with Crippen LogP contribution in [0.3, 0.4) is 0 Å². The lowest BCUT2D eigenvalue weighted by molar-refractivity contribution is 0.0955. The van der Waals surface area contributed by atoms with E-state index in [0.29, 0.717) is 12.5 Å². The zero-order chi connectivity index (χ0) is 21.9. The molecule has 0 saturated heterocycles. The standard InChI is InChI=1S/C25H37N3OS/c1-6-27-24(29)20-12-19(13-21(14-20)25(3,4)5)22-15-23(30-26)17(2)28(22)16-18-10-8-7-9-11-18/h12-15,18H,6-11,16,26H2,1-5H3,(H,27,29). The van der Waals surface area contributed by atoms with Gasteiger partial charge in [0.2, 0.25) is 0 Å². The molecule has 1 aromatic carbocycles. The third kappa shape index (κ3) is 5.12. The zero-order valence-electron chi connectivity index (χ0n) is 19.2. The minimum atomic E-state index is -0.0431. The summed E-state index contributed by atoms with van der Waals surface area (Å²) in [5.41, 5.74) is 5.35. The predicted molar refractivity (Wildman–Crippen MR) is 128 cm³/mol. The number of nitrogens with one attached hydrogen (secondary N) is 1. The van der Waals surface area contributed by atoms with Gasteiger partial charge in [-0.2, -0.15) is 0 Å². The van der Waals surface area contributed by atoms with Gasteiger partial charge < -0.3 is 9.88 Å². The van der Waals surface area contributed by atoms with Crippen LogP contribution >= 0.6 is 11.9 Å². The van der Waals surface area contributed by atoms with Crippen molar-refractivity contribution < 1.29 is 4.79 Å². The topological polar surface area (TPSA) is 60.1 Å². The van der Waals surface area contributed by atoms with Gasteiger partial charge in [-0.3, -0.25) is 9.93 Å². The van der Waals surface area contributed by atoms with Crippen LogP contribution in [0.25, 0.3) is 11.3 Å².